The molecule has 1 N–H and O–H groups in total. The van der Waals surface area contributed by atoms with Crippen LogP contribution in [0, 0.1) is 10.1 Å². The van der Waals surface area contributed by atoms with Crippen LogP contribution in [0.15, 0.2) is 32.5 Å². The second-order valence-electron chi connectivity index (χ2n) is 4.06. The number of anilines is 1. The Labute approximate surface area is 142 Å². The zero-order valence-electron chi connectivity index (χ0n) is 11.1. The van der Waals surface area contributed by atoms with Gasteiger partial charge >= 0.3 is 0 Å². The van der Waals surface area contributed by atoms with Gasteiger partial charge in [-0.1, -0.05) is 0 Å². The van der Waals surface area contributed by atoms with E-state index in [1.54, 1.807) is 23.5 Å². The first-order valence-electron chi connectivity index (χ1n) is 6.10. The van der Waals surface area contributed by atoms with Crippen molar-refractivity contribution in [3.63, 3.8) is 0 Å². The van der Waals surface area contributed by atoms with Gasteiger partial charge in [0.05, 0.1) is 21.4 Å². The molecule has 1 aromatic heterocycles. The number of hydrogen-bond donors (Lipinski definition) is 1. The molecule has 0 spiro atoms. The van der Waals surface area contributed by atoms with Crippen LogP contribution in [0.1, 0.15) is 11.8 Å². The molecule has 112 valence electrons. The predicted molar refractivity (Wildman–Crippen MR) is 91.3 cm³/mol. The van der Waals surface area contributed by atoms with Crippen molar-refractivity contribution in [3.05, 3.63) is 47.5 Å². The van der Waals surface area contributed by atoms with E-state index in [9.17, 15) is 10.1 Å². The van der Waals surface area contributed by atoms with Gasteiger partial charge < -0.3 is 10.1 Å². The van der Waals surface area contributed by atoms with E-state index in [4.69, 9.17) is 4.74 Å². The maximum atomic E-state index is 11.1. The van der Waals surface area contributed by atoms with E-state index in [1.165, 1.54) is 6.07 Å². The summed E-state index contributed by atoms with van der Waals surface area (Å²) in [5.74, 6) is 0.497. The van der Waals surface area contributed by atoms with E-state index >= 15 is 0 Å². The van der Waals surface area contributed by atoms with E-state index in [0.717, 1.165) is 13.1 Å². The molecule has 0 unspecified atom stereocenters. The maximum Gasteiger partial charge on any atom is 0.296 e. The summed E-state index contributed by atoms with van der Waals surface area (Å²) in [6, 6.07) is 6.80. The molecule has 2 aromatic rings. The van der Waals surface area contributed by atoms with E-state index in [0.29, 0.717) is 24.6 Å². The topological polar surface area (TPSA) is 64.4 Å². The fraction of sp³-hybridized carbons (Fsp3) is 0.231. The first-order chi connectivity index (χ1) is 10.0. The molecule has 0 radical (unpaired) electrons. The third kappa shape index (κ3) is 4.18. The van der Waals surface area contributed by atoms with Gasteiger partial charge in [0, 0.05) is 15.9 Å². The predicted octanol–water partition coefficient (Wildman–Crippen LogP) is 5.19. The first-order valence-corrected chi connectivity index (χ1v) is 8.50. The normalized spacial score (nSPS) is 10.4. The van der Waals surface area contributed by atoms with Gasteiger partial charge in [-0.05, 0) is 57.0 Å². The van der Waals surface area contributed by atoms with Crippen molar-refractivity contribution in [1.82, 2.24) is 0 Å². The number of nitro groups is 1. The monoisotopic (exact) mass is 434 g/mol. The van der Waals surface area contributed by atoms with Crippen molar-refractivity contribution in [2.75, 3.05) is 11.9 Å². The van der Waals surface area contributed by atoms with Crippen LogP contribution in [0.5, 0.6) is 5.75 Å². The molecule has 8 heteroatoms. The van der Waals surface area contributed by atoms with Gasteiger partial charge in [-0.15, -0.1) is 11.3 Å². The van der Waals surface area contributed by atoms with Crippen LogP contribution >= 0.6 is 43.2 Å². The highest BCUT2D eigenvalue weighted by molar-refractivity contribution is 9.13. The average molecular weight is 436 g/mol. The molecule has 0 fully saturated rings. The smallest absolute Gasteiger partial charge is 0.296 e. The lowest BCUT2D eigenvalue weighted by Gasteiger charge is -2.08. The van der Waals surface area contributed by atoms with Crippen molar-refractivity contribution >= 4 is 54.6 Å². The van der Waals surface area contributed by atoms with Gasteiger partial charge in [-0.3, -0.25) is 10.1 Å². The van der Waals surface area contributed by atoms with Crippen molar-refractivity contribution < 1.29 is 9.66 Å². The van der Waals surface area contributed by atoms with Crippen LogP contribution in [0.2, 0.25) is 0 Å². The van der Waals surface area contributed by atoms with Gasteiger partial charge in [0.1, 0.15) is 11.4 Å². The lowest BCUT2D eigenvalue weighted by Crippen LogP contribution is -2.02. The fourth-order valence-corrected chi connectivity index (χ4v) is 3.85. The summed E-state index contributed by atoms with van der Waals surface area (Å²) < 4.78 is 7.27. The molecule has 2 rings (SSSR count). The summed E-state index contributed by atoms with van der Waals surface area (Å²) in [5.41, 5.74) is 0.486. The van der Waals surface area contributed by atoms with Crippen LogP contribution in [-0.2, 0) is 6.54 Å². The molecule has 1 aromatic carbocycles. The average Bonchev–Trinajstić information content (AvgIpc) is 2.76. The minimum Gasteiger partial charge on any atom is -0.494 e. The molecule has 5 nitrogen and oxygen atoms in total. The van der Waals surface area contributed by atoms with Crippen LogP contribution < -0.4 is 10.1 Å². The van der Waals surface area contributed by atoms with Gasteiger partial charge in [0.15, 0.2) is 0 Å². The van der Waals surface area contributed by atoms with Crippen LogP contribution in [0.4, 0.5) is 11.4 Å². The summed E-state index contributed by atoms with van der Waals surface area (Å²) in [7, 11) is 0. The Kier molecular flexibility index (Phi) is 5.60. The summed E-state index contributed by atoms with van der Waals surface area (Å²) in [6.45, 7) is 2.83. The van der Waals surface area contributed by atoms with E-state index in [2.05, 4.69) is 37.2 Å². The molecule has 0 bridgehead atoms. The summed E-state index contributed by atoms with van der Waals surface area (Å²) in [4.78, 5) is 11.8. The Morgan fingerprint density at radius 1 is 1.38 bits per heavy atom. The first kappa shape index (κ1) is 16.3. The number of halogens is 2. The zero-order valence-corrected chi connectivity index (χ0v) is 15.0. The number of hydrogen-bond acceptors (Lipinski definition) is 5. The molecule has 0 aliphatic carbocycles. The fourth-order valence-electron chi connectivity index (χ4n) is 1.73. The Bertz CT molecular complexity index is 641. The second kappa shape index (κ2) is 7.24. The lowest BCUT2D eigenvalue weighted by molar-refractivity contribution is -0.384. The number of nitro benzene ring substituents is 1. The number of rotatable bonds is 6. The number of benzene rings is 1. The Hall–Kier alpha value is -1.12. The van der Waals surface area contributed by atoms with Crippen molar-refractivity contribution in [1.29, 1.82) is 0 Å². The second-order valence-corrected chi connectivity index (χ2v) is 7.37. The minimum atomic E-state index is -0.412. The van der Waals surface area contributed by atoms with Gasteiger partial charge in [-0.2, -0.15) is 0 Å². The van der Waals surface area contributed by atoms with Crippen LogP contribution in [-0.4, -0.2) is 11.5 Å². The number of thiophene rings is 1. The van der Waals surface area contributed by atoms with Gasteiger partial charge in [-0.25, -0.2) is 0 Å². The Morgan fingerprint density at radius 3 is 2.71 bits per heavy atom. The Balaban J connectivity index is 2.16. The molecule has 0 amide bonds. The van der Waals surface area contributed by atoms with Crippen molar-refractivity contribution in [3.8, 4) is 5.75 Å². The van der Waals surface area contributed by atoms with Crippen LogP contribution in [0.25, 0.3) is 0 Å². The lowest BCUT2D eigenvalue weighted by atomic mass is 10.2. The molecular formula is C13H12Br2N2O3S. The Morgan fingerprint density at radius 2 is 2.14 bits per heavy atom. The van der Waals surface area contributed by atoms with E-state index in [-0.39, 0.29) is 5.69 Å². The molecule has 1 heterocycles. The summed E-state index contributed by atoms with van der Waals surface area (Å²) >= 11 is 8.42. The molecule has 0 aliphatic heterocycles. The van der Waals surface area contributed by atoms with E-state index in [1.807, 2.05) is 13.0 Å². The SMILES string of the molecule is CCOc1ccc(NCc2cc(Br)c(Br)s2)c([N+](=O)[O-])c1. The standard InChI is InChI=1S/C13H12Br2N2O3S/c1-2-20-8-3-4-11(12(5-8)17(18)19)16-7-9-6-10(14)13(15)21-9/h3-6,16H,2,7H2,1H3. The maximum absolute atomic E-state index is 11.1. The summed E-state index contributed by atoms with van der Waals surface area (Å²) in [6.07, 6.45) is 0. The third-order valence-corrected chi connectivity index (χ3v) is 5.88. The van der Waals surface area contributed by atoms with Crippen molar-refractivity contribution in [2.24, 2.45) is 0 Å². The highest BCUT2D eigenvalue weighted by Gasteiger charge is 2.15. The molecular weight excluding hydrogens is 424 g/mol. The summed E-state index contributed by atoms with van der Waals surface area (Å²) in [5, 5.41) is 14.2. The quantitative estimate of drug-likeness (QED) is 0.500. The third-order valence-electron chi connectivity index (χ3n) is 2.63. The van der Waals surface area contributed by atoms with Crippen molar-refractivity contribution in [2.45, 2.75) is 13.5 Å². The molecule has 0 aliphatic rings. The molecule has 21 heavy (non-hydrogen) atoms. The van der Waals surface area contributed by atoms with Gasteiger partial charge in [0.2, 0.25) is 0 Å². The molecule has 0 saturated heterocycles. The highest BCUT2D eigenvalue weighted by atomic mass is 79.9. The number of nitrogens with one attached hydrogen (secondary N) is 1. The largest absolute Gasteiger partial charge is 0.494 e. The minimum absolute atomic E-state index is 0.00985. The zero-order chi connectivity index (χ0) is 15.4. The van der Waals surface area contributed by atoms with Crippen LogP contribution in [0.3, 0.4) is 0 Å². The van der Waals surface area contributed by atoms with Gasteiger partial charge in [0.25, 0.3) is 5.69 Å². The number of ether oxygens (including phenoxy) is 1. The van der Waals surface area contributed by atoms with E-state index < -0.39 is 4.92 Å². The molecule has 0 saturated carbocycles. The number of nitrogens with zero attached hydrogens (tertiary/aromatic N) is 1. The highest BCUT2D eigenvalue weighted by Crippen LogP contribution is 2.34. The molecule has 0 atom stereocenters.